The average molecular weight is 433 g/mol. The van der Waals surface area contributed by atoms with Crippen LogP contribution in [0.15, 0.2) is 79.9 Å². The second kappa shape index (κ2) is 8.81. The fourth-order valence-electron chi connectivity index (χ4n) is 3.68. The highest BCUT2D eigenvalue weighted by Gasteiger charge is 2.44. The summed E-state index contributed by atoms with van der Waals surface area (Å²) in [7, 11) is 1.64. The Hall–Kier alpha value is -3.69. The van der Waals surface area contributed by atoms with Gasteiger partial charge in [0.15, 0.2) is 0 Å². The fraction of sp³-hybridized carbons (Fsp3) is 0.261. The molecule has 1 aliphatic rings. The van der Waals surface area contributed by atoms with Crippen LogP contribution < -0.4 is 9.47 Å². The molecule has 0 aliphatic carbocycles. The van der Waals surface area contributed by atoms with E-state index in [4.69, 9.17) is 18.9 Å². The molecule has 0 N–H and O–H groups in total. The molecule has 0 radical (unpaired) electrons. The zero-order chi connectivity index (χ0) is 21.8. The number of methoxy groups -OCH3 is 1. The Morgan fingerprint density at radius 3 is 2.44 bits per heavy atom. The van der Waals surface area contributed by atoms with Gasteiger partial charge < -0.3 is 23.5 Å². The highest BCUT2D eigenvalue weighted by Crippen LogP contribution is 2.37. The normalized spacial score (nSPS) is 20.3. The van der Waals surface area contributed by atoms with E-state index in [9.17, 15) is 0 Å². The van der Waals surface area contributed by atoms with Gasteiger partial charge in [0.2, 0.25) is 5.79 Å². The molecule has 9 nitrogen and oxygen atoms in total. The summed E-state index contributed by atoms with van der Waals surface area (Å²) in [5.41, 5.74) is 1.87. The topological polar surface area (TPSA) is 85.5 Å². The summed E-state index contributed by atoms with van der Waals surface area (Å²) >= 11 is 0. The largest absolute Gasteiger partial charge is 0.497 e. The molecule has 9 heteroatoms. The number of imidazole rings is 1. The molecule has 2 aromatic heterocycles. The van der Waals surface area contributed by atoms with E-state index >= 15 is 0 Å². The van der Waals surface area contributed by atoms with Gasteiger partial charge in [0, 0.05) is 23.6 Å². The Balaban J connectivity index is 1.27. The maximum absolute atomic E-state index is 6.43. The lowest BCUT2D eigenvalue weighted by Crippen LogP contribution is -2.34. The first-order chi connectivity index (χ1) is 15.7. The van der Waals surface area contributed by atoms with Crippen LogP contribution in [0.5, 0.6) is 11.5 Å². The molecule has 1 aliphatic heterocycles. The predicted molar refractivity (Wildman–Crippen MR) is 115 cm³/mol. The quantitative estimate of drug-likeness (QED) is 0.422. The third kappa shape index (κ3) is 4.20. The van der Waals surface area contributed by atoms with Crippen molar-refractivity contribution in [3.63, 3.8) is 0 Å². The van der Waals surface area contributed by atoms with E-state index in [0.717, 1.165) is 22.7 Å². The van der Waals surface area contributed by atoms with Crippen LogP contribution >= 0.6 is 0 Å². The third-order valence-corrected chi connectivity index (χ3v) is 5.33. The van der Waals surface area contributed by atoms with Crippen LogP contribution in [0, 0.1) is 0 Å². The lowest BCUT2D eigenvalue weighted by Gasteiger charge is -2.29. The van der Waals surface area contributed by atoms with Gasteiger partial charge in [0.25, 0.3) is 0 Å². The molecular weight excluding hydrogens is 410 g/mol. The zero-order valence-corrected chi connectivity index (χ0v) is 17.6. The second-order valence-electron chi connectivity index (χ2n) is 7.44. The molecular formula is C23H23N5O4. The van der Waals surface area contributed by atoms with Crippen molar-refractivity contribution in [2.45, 2.75) is 18.4 Å². The van der Waals surface area contributed by atoms with E-state index < -0.39 is 5.79 Å². The van der Waals surface area contributed by atoms with Crippen LogP contribution in [-0.2, 0) is 21.8 Å². The molecule has 0 amide bonds. The summed E-state index contributed by atoms with van der Waals surface area (Å²) in [5, 5.41) is 7.65. The number of aromatic nitrogens is 5. The molecule has 32 heavy (non-hydrogen) atoms. The van der Waals surface area contributed by atoms with Crippen molar-refractivity contribution in [1.29, 1.82) is 0 Å². The molecule has 1 saturated heterocycles. The third-order valence-electron chi connectivity index (χ3n) is 5.33. The van der Waals surface area contributed by atoms with Crippen LogP contribution in [0.3, 0.4) is 0 Å². The molecule has 0 bridgehead atoms. The number of rotatable bonds is 8. The van der Waals surface area contributed by atoms with Crippen molar-refractivity contribution in [3.05, 3.63) is 85.5 Å². The van der Waals surface area contributed by atoms with Crippen LogP contribution in [0.1, 0.15) is 5.56 Å². The Bertz CT molecular complexity index is 1110. The van der Waals surface area contributed by atoms with Gasteiger partial charge in [-0.05, 0) is 48.5 Å². The number of ether oxygens (including phenoxy) is 4. The van der Waals surface area contributed by atoms with Crippen molar-refractivity contribution in [1.82, 2.24) is 24.3 Å². The van der Waals surface area contributed by atoms with Crippen molar-refractivity contribution in [3.8, 4) is 17.2 Å². The maximum Gasteiger partial charge on any atom is 0.214 e. The first-order valence-corrected chi connectivity index (χ1v) is 10.2. The number of hydrogen-bond donors (Lipinski definition) is 0. The van der Waals surface area contributed by atoms with Crippen LogP contribution in [0.4, 0.5) is 0 Å². The summed E-state index contributed by atoms with van der Waals surface area (Å²) < 4.78 is 27.7. The van der Waals surface area contributed by atoms with Crippen molar-refractivity contribution >= 4 is 0 Å². The fourth-order valence-corrected chi connectivity index (χ4v) is 3.68. The molecule has 4 aromatic rings. The summed E-state index contributed by atoms with van der Waals surface area (Å²) in [4.78, 5) is 4.13. The lowest BCUT2D eigenvalue weighted by molar-refractivity contribution is -0.189. The summed E-state index contributed by atoms with van der Waals surface area (Å²) in [6.07, 6.45) is 8.45. The molecule has 1 fully saturated rings. The van der Waals surface area contributed by atoms with Gasteiger partial charge >= 0.3 is 0 Å². The minimum absolute atomic E-state index is 0.224. The predicted octanol–water partition coefficient (Wildman–Crippen LogP) is 2.82. The smallest absolute Gasteiger partial charge is 0.214 e. The van der Waals surface area contributed by atoms with Gasteiger partial charge in [-0.15, -0.1) is 10.2 Å². The minimum atomic E-state index is -0.931. The Kier molecular flexibility index (Phi) is 5.57. The molecule has 2 aromatic carbocycles. The van der Waals surface area contributed by atoms with Gasteiger partial charge in [-0.2, -0.15) is 0 Å². The van der Waals surface area contributed by atoms with Crippen molar-refractivity contribution < 1.29 is 18.9 Å². The Morgan fingerprint density at radius 2 is 1.75 bits per heavy atom. The standard InChI is InChI=1S/C23H23N5O4/c1-29-20-6-2-18(3-7-20)23(14-27-11-10-24-15-27)31-13-22(32-23)12-30-21-8-4-19(5-9-21)28-16-25-26-17-28/h2-11,15-17,22H,12-14H2,1H3. The first-order valence-electron chi connectivity index (χ1n) is 10.2. The van der Waals surface area contributed by atoms with Crippen LogP contribution in [0.2, 0.25) is 0 Å². The minimum Gasteiger partial charge on any atom is -0.497 e. The molecule has 2 unspecified atom stereocenters. The van der Waals surface area contributed by atoms with E-state index in [1.165, 1.54) is 0 Å². The Morgan fingerprint density at radius 1 is 1.00 bits per heavy atom. The number of nitrogens with zero attached hydrogens (tertiary/aromatic N) is 5. The van der Waals surface area contributed by atoms with Gasteiger partial charge in [0.05, 0.1) is 26.6 Å². The first kappa shape index (κ1) is 20.2. The molecule has 3 heterocycles. The molecule has 5 rings (SSSR count). The van der Waals surface area contributed by atoms with E-state index in [1.54, 1.807) is 32.3 Å². The number of benzene rings is 2. The molecule has 0 spiro atoms. The van der Waals surface area contributed by atoms with Gasteiger partial charge in [0.1, 0.15) is 36.9 Å². The van der Waals surface area contributed by atoms with E-state index in [0.29, 0.717) is 19.8 Å². The summed E-state index contributed by atoms with van der Waals surface area (Å²) in [5.74, 6) is 0.598. The molecule has 2 atom stereocenters. The van der Waals surface area contributed by atoms with Crippen molar-refractivity contribution in [2.75, 3.05) is 20.3 Å². The van der Waals surface area contributed by atoms with Gasteiger partial charge in [-0.3, -0.25) is 4.57 Å². The van der Waals surface area contributed by atoms with Crippen molar-refractivity contribution in [2.24, 2.45) is 0 Å². The number of hydrogen-bond acceptors (Lipinski definition) is 7. The maximum atomic E-state index is 6.43. The highest BCUT2D eigenvalue weighted by molar-refractivity contribution is 5.37. The monoisotopic (exact) mass is 433 g/mol. The van der Waals surface area contributed by atoms with E-state index in [2.05, 4.69) is 15.2 Å². The van der Waals surface area contributed by atoms with Crippen LogP contribution in [0.25, 0.3) is 5.69 Å². The highest BCUT2D eigenvalue weighted by atomic mass is 16.8. The van der Waals surface area contributed by atoms with E-state index in [1.807, 2.05) is 63.9 Å². The SMILES string of the molecule is COc1ccc(C2(Cn3ccnc3)OCC(COc3ccc(-n4cnnc4)cc3)O2)cc1. The average Bonchev–Trinajstić information content (AvgIpc) is 3.62. The molecule has 164 valence electrons. The second-order valence-corrected chi connectivity index (χ2v) is 7.44. The van der Waals surface area contributed by atoms with Gasteiger partial charge in [-0.1, -0.05) is 0 Å². The zero-order valence-electron chi connectivity index (χ0n) is 17.6. The van der Waals surface area contributed by atoms with Crippen LogP contribution in [-0.4, -0.2) is 50.7 Å². The lowest BCUT2D eigenvalue weighted by atomic mass is 10.1. The summed E-state index contributed by atoms with van der Waals surface area (Å²) in [6, 6.07) is 15.4. The Labute approximate surface area is 185 Å². The van der Waals surface area contributed by atoms with E-state index in [-0.39, 0.29) is 6.10 Å². The summed E-state index contributed by atoms with van der Waals surface area (Å²) in [6.45, 7) is 1.26. The molecule has 0 saturated carbocycles. The van der Waals surface area contributed by atoms with Gasteiger partial charge in [-0.25, -0.2) is 4.98 Å².